The Morgan fingerprint density at radius 1 is 1.26 bits per heavy atom. The van der Waals surface area contributed by atoms with E-state index >= 15 is 0 Å². The third kappa shape index (κ3) is 6.71. The average Bonchev–Trinajstić information content (AvgIpc) is 2.51. The van der Waals surface area contributed by atoms with E-state index in [1.54, 1.807) is 6.92 Å². The zero-order valence-corrected chi connectivity index (χ0v) is 13.2. The molecule has 0 bridgehead atoms. The SMILES string of the molecule is CCCCCN=C(NC(=O)c1cccc(C(F)(F)F)c1)OCC. The lowest BCUT2D eigenvalue weighted by Crippen LogP contribution is -2.33. The Labute approximate surface area is 133 Å². The molecule has 0 saturated heterocycles. The van der Waals surface area contributed by atoms with E-state index in [-0.39, 0.29) is 11.6 Å². The quantitative estimate of drug-likeness (QED) is 0.486. The molecule has 1 rings (SSSR count). The van der Waals surface area contributed by atoms with E-state index in [1.165, 1.54) is 12.1 Å². The second kappa shape index (κ2) is 9.17. The number of amidine groups is 1. The highest BCUT2D eigenvalue weighted by Gasteiger charge is 2.30. The zero-order valence-electron chi connectivity index (χ0n) is 13.2. The van der Waals surface area contributed by atoms with Gasteiger partial charge in [-0.3, -0.25) is 10.1 Å². The third-order valence-electron chi connectivity index (χ3n) is 2.97. The van der Waals surface area contributed by atoms with Gasteiger partial charge in [0.25, 0.3) is 11.9 Å². The number of alkyl halides is 3. The fourth-order valence-electron chi connectivity index (χ4n) is 1.81. The maximum atomic E-state index is 12.7. The van der Waals surface area contributed by atoms with Crippen LogP contribution in [-0.4, -0.2) is 25.1 Å². The second-order valence-corrected chi connectivity index (χ2v) is 4.86. The minimum absolute atomic E-state index is 0.0333. The first kappa shape index (κ1) is 19.0. The van der Waals surface area contributed by atoms with Gasteiger partial charge in [0.15, 0.2) is 0 Å². The highest BCUT2D eigenvalue weighted by atomic mass is 19.4. The summed E-state index contributed by atoms with van der Waals surface area (Å²) in [6, 6.07) is 4.25. The summed E-state index contributed by atoms with van der Waals surface area (Å²) in [4.78, 5) is 16.2. The van der Waals surface area contributed by atoms with E-state index in [9.17, 15) is 18.0 Å². The molecule has 0 heterocycles. The molecule has 0 atom stereocenters. The molecule has 0 fully saturated rings. The van der Waals surface area contributed by atoms with Crippen molar-refractivity contribution in [1.82, 2.24) is 5.32 Å². The number of carbonyl (C=O) groups is 1. The number of rotatable bonds is 6. The van der Waals surface area contributed by atoms with Crippen LogP contribution in [0.5, 0.6) is 0 Å². The number of amides is 1. The van der Waals surface area contributed by atoms with Crippen molar-refractivity contribution in [3.63, 3.8) is 0 Å². The standard InChI is InChI=1S/C16H21F3N2O2/c1-3-5-6-10-20-15(23-4-2)21-14(22)12-8-7-9-13(11-12)16(17,18)19/h7-9,11H,3-6,10H2,1-2H3,(H,20,21,22). The van der Waals surface area contributed by atoms with Crippen LogP contribution in [0.1, 0.15) is 49.0 Å². The number of unbranched alkanes of at least 4 members (excludes halogenated alkanes) is 2. The summed E-state index contributed by atoms with van der Waals surface area (Å²) in [7, 11) is 0. The van der Waals surface area contributed by atoms with Crippen molar-refractivity contribution in [2.45, 2.75) is 39.3 Å². The van der Waals surface area contributed by atoms with Crippen LogP contribution in [0.4, 0.5) is 13.2 Å². The molecule has 0 spiro atoms. The highest BCUT2D eigenvalue weighted by molar-refractivity contribution is 6.04. The van der Waals surface area contributed by atoms with Crippen LogP contribution in [0.15, 0.2) is 29.3 Å². The second-order valence-electron chi connectivity index (χ2n) is 4.86. The number of ether oxygens (including phenoxy) is 1. The summed E-state index contributed by atoms with van der Waals surface area (Å²) in [6.45, 7) is 4.59. The van der Waals surface area contributed by atoms with Gasteiger partial charge in [0, 0.05) is 12.1 Å². The number of carbonyl (C=O) groups excluding carboxylic acids is 1. The molecule has 0 aliphatic rings. The molecule has 0 aliphatic carbocycles. The lowest BCUT2D eigenvalue weighted by atomic mass is 10.1. The summed E-state index contributed by atoms with van der Waals surface area (Å²) in [6.07, 6.45) is -1.60. The molecule has 0 saturated carbocycles. The van der Waals surface area contributed by atoms with Crippen molar-refractivity contribution >= 4 is 11.9 Å². The monoisotopic (exact) mass is 330 g/mol. The highest BCUT2D eigenvalue weighted by Crippen LogP contribution is 2.29. The molecule has 1 aromatic carbocycles. The van der Waals surface area contributed by atoms with E-state index in [0.29, 0.717) is 13.2 Å². The average molecular weight is 330 g/mol. The molecule has 1 amide bonds. The number of aliphatic imine (C=N–C) groups is 1. The smallest absolute Gasteiger partial charge is 0.416 e. The molecule has 1 aromatic rings. The Morgan fingerprint density at radius 3 is 2.61 bits per heavy atom. The lowest BCUT2D eigenvalue weighted by molar-refractivity contribution is -0.137. The van der Waals surface area contributed by atoms with Crippen LogP contribution in [0.2, 0.25) is 0 Å². The van der Waals surface area contributed by atoms with Crippen LogP contribution in [0, 0.1) is 0 Å². The van der Waals surface area contributed by atoms with Crippen molar-refractivity contribution in [1.29, 1.82) is 0 Å². The Bertz CT molecular complexity index is 542. The summed E-state index contributed by atoms with van der Waals surface area (Å²) in [5, 5.41) is 2.41. The van der Waals surface area contributed by atoms with Crippen molar-refractivity contribution in [2.24, 2.45) is 4.99 Å². The van der Waals surface area contributed by atoms with E-state index in [1.807, 2.05) is 0 Å². The van der Waals surface area contributed by atoms with Gasteiger partial charge in [-0.1, -0.05) is 25.8 Å². The van der Waals surface area contributed by atoms with Gasteiger partial charge in [-0.15, -0.1) is 0 Å². The van der Waals surface area contributed by atoms with Crippen molar-refractivity contribution < 1.29 is 22.7 Å². The molecule has 0 unspecified atom stereocenters. The van der Waals surface area contributed by atoms with Gasteiger partial charge in [-0.25, -0.2) is 4.99 Å². The van der Waals surface area contributed by atoms with E-state index in [0.717, 1.165) is 31.4 Å². The summed E-state index contributed by atoms with van der Waals surface area (Å²) in [5.74, 6) is -0.682. The van der Waals surface area contributed by atoms with Crippen LogP contribution in [0.3, 0.4) is 0 Å². The van der Waals surface area contributed by atoms with E-state index < -0.39 is 17.6 Å². The summed E-state index contributed by atoms with van der Waals surface area (Å²) < 4.78 is 43.2. The van der Waals surface area contributed by atoms with Gasteiger partial charge in [-0.05, 0) is 31.5 Å². The van der Waals surface area contributed by atoms with E-state index in [4.69, 9.17) is 4.74 Å². The minimum atomic E-state index is -4.49. The van der Waals surface area contributed by atoms with E-state index in [2.05, 4.69) is 17.2 Å². The first-order chi connectivity index (χ1) is 10.9. The lowest BCUT2D eigenvalue weighted by Gasteiger charge is -2.11. The Hall–Kier alpha value is -2.05. The van der Waals surface area contributed by atoms with Crippen molar-refractivity contribution in [3.8, 4) is 0 Å². The number of halogens is 3. The maximum absolute atomic E-state index is 12.7. The van der Waals surface area contributed by atoms with Crippen LogP contribution in [-0.2, 0) is 10.9 Å². The molecular formula is C16H21F3N2O2. The molecule has 23 heavy (non-hydrogen) atoms. The molecule has 0 aromatic heterocycles. The number of hydrogen-bond acceptors (Lipinski definition) is 3. The van der Waals surface area contributed by atoms with Gasteiger partial charge in [0.2, 0.25) is 0 Å². The van der Waals surface area contributed by atoms with Gasteiger partial charge < -0.3 is 4.74 Å². The van der Waals surface area contributed by atoms with Crippen molar-refractivity contribution in [2.75, 3.05) is 13.2 Å². The number of hydrogen-bond donors (Lipinski definition) is 1. The van der Waals surface area contributed by atoms with Crippen LogP contribution >= 0.6 is 0 Å². The van der Waals surface area contributed by atoms with Crippen LogP contribution < -0.4 is 5.32 Å². The summed E-state index contributed by atoms with van der Waals surface area (Å²) in [5.41, 5.74) is -0.969. The molecule has 0 radical (unpaired) electrons. The molecule has 128 valence electrons. The topological polar surface area (TPSA) is 50.7 Å². The minimum Gasteiger partial charge on any atom is -0.465 e. The van der Waals surface area contributed by atoms with Gasteiger partial charge in [0.1, 0.15) is 0 Å². The van der Waals surface area contributed by atoms with Gasteiger partial charge >= 0.3 is 6.18 Å². The predicted molar refractivity (Wildman–Crippen MR) is 82.4 cm³/mol. The summed E-state index contributed by atoms with van der Waals surface area (Å²) >= 11 is 0. The molecule has 7 heteroatoms. The molecule has 0 aliphatic heterocycles. The fraction of sp³-hybridized carbons (Fsp3) is 0.500. The number of nitrogens with one attached hydrogen (secondary N) is 1. The Balaban J connectivity index is 2.78. The first-order valence-electron chi connectivity index (χ1n) is 7.54. The molecule has 1 N–H and O–H groups in total. The van der Waals surface area contributed by atoms with Crippen molar-refractivity contribution in [3.05, 3.63) is 35.4 Å². The van der Waals surface area contributed by atoms with Gasteiger partial charge in [-0.2, -0.15) is 13.2 Å². The van der Waals surface area contributed by atoms with Crippen LogP contribution in [0.25, 0.3) is 0 Å². The number of nitrogens with zero attached hydrogens (tertiary/aromatic N) is 1. The zero-order chi connectivity index (χ0) is 17.3. The fourth-order valence-corrected chi connectivity index (χ4v) is 1.81. The number of benzene rings is 1. The van der Waals surface area contributed by atoms with Gasteiger partial charge in [0.05, 0.1) is 12.2 Å². The first-order valence-corrected chi connectivity index (χ1v) is 7.54. The molecule has 4 nitrogen and oxygen atoms in total. The Morgan fingerprint density at radius 2 is 2.00 bits per heavy atom. The normalized spacial score (nSPS) is 12.1. The predicted octanol–water partition coefficient (Wildman–Crippen LogP) is 4.02. The Kier molecular flexibility index (Phi) is 7.57. The molecular weight excluding hydrogens is 309 g/mol. The third-order valence-corrected chi connectivity index (χ3v) is 2.97. The largest absolute Gasteiger partial charge is 0.465 e. The maximum Gasteiger partial charge on any atom is 0.416 e.